The minimum absolute atomic E-state index is 0.00151. The molecule has 2 heterocycles. The summed E-state index contributed by atoms with van der Waals surface area (Å²) in [6.45, 7) is 5.57. The molecule has 0 saturated heterocycles. The Balaban J connectivity index is 1.60. The molecule has 7 nitrogen and oxygen atoms in total. The molecule has 2 N–H and O–H groups in total. The predicted octanol–water partition coefficient (Wildman–Crippen LogP) is 4.27. The summed E-state index contributed by atoms with van der Waals surface area (Å²) in [4.78, 5) is 28.9. The molecule has 2 aromatic heterocycles. The van der Waals surface area contributed by atoms with E-state index in [4.69, 9.17) is 9.15 Å². The van der Waals surface area contributed by atoms with E-state index in [9.17, 15) is 9.59 Å². The monoisotopic (exact) mass is 399 g/mol. The van der Waals surface area contributed by atoms with Crippen LogP contribution in [0.2, 0.25) is 0 Å². The molecule has 2 amide bonds. The molecule has 1 aromatic carbocycles. The quantitative estimate of drug-likeness (QED) is 0.619. The van der Waals surface area contributed by atoms with Gasteiger partial charge >= 0.3 is 0 Å². The van der Waals surface area contributed by atoms with Crippen molar-refractivity contribution < 1.29 is 18.7 Å². The number of carbonyl (C=O) groups is 2. The van der Waals surface area contributed by atoms with E-state index in [0.29, 0.717) is 33.6 Å². The second-order valence-electron chi connectivity index (χ2n) is 6.38. The van der Waals surface area contributed by atoms with Gasteiger partial charge in [0, 0.05) is 5.38 Å². The number of furan rings is 1. The average molecular weight is 399 g/mol. The molecule has 0 aliphatic heterocycles. The molecule has 146 valence electrons. The zero-order valence-corrected chi connectivity index (χ0v) is 16.6. The van der Waals surface area contributed by atoms with Gasteiger partial charge in [-0.05, 0) is 39.0 Å². The van der Waals surface area contributed by atoms with Gasteiger partial charge in [-0.2, -0.15) is 0 Å². The van der Waals surface area contributed by atoms with Crippen molar-refractivity contribution in [3.63, 3.8) is 0 Å². The van der Waals surface area contributed by atoms with E-state index in [2.05, 4.69) is 15.6 Å². The number of thiazole rings is 1. The molecular formula is C20H21N3O4S. The van der Waals surface area contributed by atoms with Crippen molar-refractivity contribution in [2.45, 2.75) is 33.3 Å². The molecule has 0 saturated carbocycles. The van der Waals surface area contributed by atoms with E-state index in [1.54, 1.807) is 24.4 Å². The Morgan fingerprint density at radius 2 is 2.00 bits per heavy atom. The van der Waals surface area contributed by atoms with Crippen molar-refractivity contribution in [1.29, 1.82) is 0 Å². The van der Waals surface area contributed by atoms with Crippen LogP contribution >= 0.6 is 11.3 Å². The lowest BCUT2D eigenvalue weighted by molar-refractivity contribution is -0.115. The molecule has 0 bridgehead atoms. The number of anilines is 2. The summed E-state index contributed by atoms with van der Waals surface area (Å²) in [6, 6.07) is 8.88. The van der Waals surface area contributed by atoms with Crippen molar-refractivity contribution in [3.8, 4) is 5.75 Å². The zero-order valence-electron chi connectivity index (χ0n) is 15.8. The third-order valence-corrected chi connectivity index (χ3v) is 4.55. The number of ether oxygens (including phenoxy) is 1. The van der Waals surface area contributed by atoms with E-state index in [1.165, 1.54) is 17.6 Å². The summed E-state index contributed by atoms with van der Waals surface area (Å²) in [5.41, 5.74) is 1.64. The second kappa shape index (κ2) is 8.71. The molecule has 3 rings (SSSR count). The molecule has 0 radical (unpaired) electrons. The highest BCUT2D eigenvalue weighted by molar-refractivity contribution is 7.14. The fraction of sp³-hybridized carbons (Fsp3) is 0.250. The van der Waals surface area contributed by atoms with E-state index in [1.807, 2.05) is 32.0 Å². The summed E-state index contributed by atoms with van der Waals surface area (Å²) in [5, 5.41) is 7.73. The van der Waals surface area contributed by atoms with Crippen LogP contribution in [0.5, 0.6) is 5.75 Å². The third kappa shape index (κ3) is 4.98. The Labute approximate surface area is 166 Å². The number of aryl methyl sites for hydroxylation is 1. The molecule has 0 fully saturated rings. The Morgan fingerprint density at radius 3 is 2.71 bits per heavy atom. The summed E-state index contributed by atoms with van der Waals surface area (Å²) < 4.78 is 10.8. The van der Waals surface area contributed by atoms with Gasteiger partial charge in [-0.1, -0.05) is 12.1 Å². The first-order chi connectivity index (χ1) is 13.4. The van der Waals surface area contributed by atoms with Gasteiger partial charge in [-0.15, -0.1) is 11.3 Å². The van der Waals surface area contributed by atoms with Crippen molar-refractivity contribution in [2.24, 2.45) is 0 Å². The smallest absolute Gasteiger partial charge is 0.260 e. The van der Waals surface area contributed by atoms with Crippen LogP contribution in [-0.2, 0) is 11.2 Å². The van der Waals surface area contributed by atoms with Gasteiger partial charge in [0.1, 0.15) is 11.5 Å². The van der Waals surface area contributed by atoms with Gasteiger partial charge in [-0.25, -0.2) is 4.98 Å². The summed E-state index contributed by atoms with van der Waals surface area (Å²) in [6.07, 6.45) is 1.55. The first-order valence-electron chi connectivity index (χ1n) is 8.77. The van der Waals surface area contributed by atoms with Gasteiger partial charge < -0.3 is 14.5 Å². The number of nitrogens with zero attached hydrogens (tertiary/aromatic N) is 1. The van der Waals surface area contributed by atoms with E-state index in [0.717, 1.165) is 0 Å². The Hall–Kier alpha value is -3.13. The number of amides is 2. The normalized spacial score (nSPS) is 10.7. The molecule has 0 unspecified atom stereocenters. The number of hydrogen-bond acceptors (Lipinski definition) is 6. The van der Waals surface area contributed by atoms with Gasteiger partial charge in [0.2, 0.25) is 5.91 Å². The topological polar surface area (TPSA) is 93.5 Å². The molecule has 3 aromatic rings. The molecule has 8 heteroatoms. The number of rotatable bonds is 7. The van der Waals surface area contributed by atoms with Crippen LogP contribution in [0, 0.1) is 6.92 Å². The zero-order chi connectivity index (χ0) is 20.1. The van der Waals surface area contributed by atoms with E-state index < -0.39 is 0 Å². The van der Waals surface area contributed by atoms with Gasteiger partial charge in [0.25, 0.3) is 5.91 Å². The lowest BCUT2D eigenvalue weighted by atomic mass is 10.2. The van der Waals surface area contributed by atoms with Crippen molar-refractivity contribution in [2.75, 3.05) is 10.6 Å². The fourth-order valence-electron chi connectivity index (χ4n) is 2.52. The summed E-state index contributed by atoms with van der Waals surface area (Å²) in [5.74, 6) is 0.647. The second-order valence-corrected chi connectivity index (χ2v) is 7.23. The molecular weight excluding hydrogens is 378 g/mol. The summed E-state index contributed by atoms with van der Waals surface area (Å²) in [7, 11) is 0. The number of hydrogen-bond donors (Lipinski definition) is 2. The molecule has 28 heavy (non-hydrogen) atoms. The highest BCUT2D eigenvalue weighted by Crippen LogP contribution is 2.25. The minimum atomic E-state index is -0.295. The number of benzene rings is 1. The fourth-order valence-corrected chi connectivity index (χ4v) is 3.22. The molecule has 0 atom stereocenters. The third-order valence-electron chi connectivity index (χ3n) is 3.74. The lowest BCUT2D eigenvalue weighted by Gasteiger charge is -2.14. The van der Waals surface area contributed by atoms with Crippen LogP contribution in [0.25, 0.3) is 0 Å². The van der Waals surface area contributed by atoms with Crippen LogP contribution in [0.1, 0.15) is 35.7 Å². The van der Waals surface area contributed by atoms with Crippen molar-refractivity contribution in [1.82, 2.24) is 4.98 Å². The predicted molar refractivity (Wildman–Crippen MR) is 108 cm³/mol. The van der Waals surface area contributed by atoms with Gasteiger partial charge in [-0.3, -0.25) is 14.9 Å². The number of carbonyl (C=O) groups excluding carboxylic acids is 2. The highest BCUT2D eigenvalue weighted by Gasteiger charge is 2.15. The largest absolute Gasteiger partial charge is 0.489 e. The number of aromatic nitrogens is 1. The number of para-hydroxylation sites is 2. The minimum Gasteiger partial charge on any atom is -0.489 e. The molecule has 0 spiro atoms. The Bertz CT molecular complexity index is 977. The molecule has 0 aliphatic rings. The van der Waals surface area contributed by atoms with Crippen LogP contribution in [-0.4, -0.2) is 22.9 Å². The standard InChI is InChI=1S/C20H21N3O4S/c1-12(2)27-17-7-5-4-6-16(17)22-18(24)10-14-11-28-20(21-14)23-19(25)15-8-9-26-13(15)3/h4-9,11-12H,10H2,1-3H3,(H,22,24)(H,21,23,25). The van der Waals surface area contributed by atoms with Crippen LogP contribution < -0.4 is 15.4 Å². The van der Waals surface area contributed by atoms with Crippen molar-refractivity contribution >= 4 is 34.0 Å². The van der Waals surface area contributed by atoms with Crippen molar-refractivity contribution in [3.05, 3.63) is 59.0 Å². The van der Waals surface area contributed by atoms with Gasteiger partial charge in [0.15, 0.2) is 5.13 Å². The van der Waals surface area contributed by atoms with Gasteiger partial charge in [0.05, 0.1) is 35.7 Å². The Kier molecular flexibility index (Phi) is 6.10. The summed E-state index contributed by atoms with van der Waals surface area (Å²) >= 11 is 1.26. The van der Waals surface area contributed by atoms with E-state index in [-0.39, 0.29) is 24.3 Å². The Morgan fingerprint density at radius 1 is 1.21 bits per heavy atom. The van der Waals surface area contributed by atoms with E-state index >= 15 is 0 Å². The first kappa shape index (κ1) is 19.6. The first-order valence-corrected chi connectivity index (χ1v) is 9.65. The van der Waals surface area contributed by atoms with Crippen LogP contribution in [0.15, 0.2) is 46.4 Å². The highest BCUT2D eigenvalue weighted by atomic mass is 32.1. The lowest BCUT2D eigenvalue weighted by Crippen LogP contribution is -2.16. The maximum Gasteiger partial charge on any atom is 0.260 e. The number of nitrogens with one attached hydrogen (secondary N) is 2. The average Bonchev–Trinajstić information content (AvgIpc) is 3.25. The molecule has 0 aliphatic carbocycles. The van der Waals surface area contributed by atoms with Crippen LogP contribution in [0.4, 0.5) is 10.8 Å². The van der Waals surface area contributed by atoms with Crippen LogP contribution in [0.3, 0.4) is 0 Å². The maximum atomic E-state index is 12.4. The maximum absolute atomic E-state index is 12.4. The SMILES string of the molecule is Cc1occc1C(=O)Nc1nc(CC(=O)Nc2ccccc2OC(C)C)cs1.